The van der Waals surface area contributed by atoms with Gasteiger partial charge in [0.1, 0.15) is 6.54 Å². The van der Waals surface area contributed by atoms with Gasteiger partial charge in [-0.2, -0.15) is 5.10 Å². The molecule has 110 valence electrons. The summed E-state index contributed by atoms with van der Waals surface area (Å²) in [6.45, 7) is 1.84. The zero-order valence-electron chi connectivity index (χ0n) is 11.5. The monoisotopic (exact) mass is 288 g/mol. The third-order valence-electron chi connectivity index (χ3n) is 2.76. The van der Waals surface area contributed by atoms with E-state index >= 15 is 0 Å². The number of anilines is 1. The van der Waals surface area contributed by atoms with Gasteiger partial charge in [0.25, 0.3) is 0 Å². The summed E-state index contributed by atoms with van der Waals surface area (Å²) in [7, 11) is 0. The molecule has 8 nitrogen and oxygen atoms in total. The van der Waals surface area contributed by atoms with Crippen LogP contribution in [-0.4, -0.2) is 26.7 Å². The largest absolute Gasteiger partial charge is 0.368 e. The number of amides is 3. The first-order valence-electron chi connectivity index (χ1n) is 6.33. The number of rotatable bonds is 5. The maximum absolute atomic E-state index is 11.9. The van der Waals surface area contributed by atoms with Gasteiger partial charge in [0.15, 0.2) is 0 Å². The van der Waals surface area contributed by atoms with Gasteiger partial charge in [0.05, 0.1) is 17.9 Å². The molecule has 0 aliphatic carbocycles. The van der Waals surface area contributed by atoms with Crippen molar-refractivity contribution < 1.29 is 9.59 Å². The normalized spacial score (nSPS) is 11.7. The number of primary amides is 1. The molecule has 2 rings (SSSR count). The number of carbonyl (C=O) groups excluding carboxylic acids is 2. The van der Waals surface area contributed by atoms with Gasteiger partial charge >= 0.3 is 6.03 Å². The number of nitrogens with zero attached hydrogens (tertiary/aromatic N) is 3. The number of hydrogen-bond acceptors (Lipinski definition) is 4. The molecule has 2 aromatic rings. The Labute approximate surface area is 121 Å². The van der Waals surface area contributed by atoms with E-state index in [1.54, 1.807) is 12.4 Å². The Morgan fingerprint density at radius 3 is 2.76 bits per heavy atom. The highest BCUT2D eigenvalue weighted by Gasteiger charge is 2.10. The summed E-state index contributed by atoms with van der Waals surface area (Å²) in [6.07, 6.45) is 6.31. The fourth-order valence-corrected chi connectivity index (χ4v) is 1.77. The van der Waals surface area contributed by atoms with Gasteiger partial charge in [-0.1, -0.05) is 0 Å². The Morgan fingerprint density at radius 2 is 2.10 bits per heavy atom. The number of carbonyl (C=O) groups is 2. The van der Waals surface area contributed by atoms with Crippen molar-refractivity contribution in [2.75, 3.05) is 5.32 Å². The van der Waals surface area contributed by atoms with Crippen molar-refractivity contribution in [2.45, 2.75) is 19.5 Å². The first kappa shape index (κ1) is 14.5. The summed E-state index contributed by atoms with van der Waals surface area (Å²) in [4.78, 5) is 26.5. The molecule has 0 spiro atoms. The van der Waals surface area contributed by atoms with E-state index in [2.05, 4.69) is 20.7 Å². The van der Waals surface area contributed by atoms with E-state index in [9.17, 15) is 9.59 Å². The molecular weight excluding hydrogens is 272 g/mol. The predicted octanol–water partition coefficient (Wildman–Crippen LogP) is 0.646. The minimum Gasteiger partial charge on any atom is -0.368 e. The lowest BCUT2D eigenvalue weighted by molar-refractivity contribution is -0.118. The fourth-order valence-electron chi connectivity index (χ4n) is 1.77. The van der Waals surface area contributed by atoms with Crippen molar-refractivity contribution in [3.8, 4) is 0 Å². The van der Waals surface area contributed by atoms with Gasteiger partial charge < -0.3 is 16.4 Å². The SMILES string of the molecule is C[C@H](NC(=O)Nc1cnn(CC(N)=O)c1)c1ccncc1. The Hall–Kier alpha value is -2.90. The summed E-state index contributed by atoms with van der Waals surface area (Å²) in [5.74, 6) is -0.500. The van der Waals surface area contributed by atoms with Crippen LogP contribution in [0, 0.1) is 0 Å². The average Bonchev–Trinajstić information content (AvgIpc) is 2.85. The van der Waals surface area contributed by atoms with E-state index in [1.807, 2.05) is 19.1 Å². The van der Waals surface area contributed by atoms with E-state index in [-0.39, 0.29) is 18.6 Å². The van der Waals surface area contributed by atoms with E-state index in [0.717, 1.165) is 5.56 Å². The zero-order valence-corrected chi connectivity index (χ0v) is 11.5. The number of aromatic nitrogens is 3. The van der Waals surface area contributed by atoms with Crippen LogP contribution in [-0.2, 0) is 11.3 Å². The number of nitrogens with two attached hydrogens (primary N) is 1. The third kappa shape index (κ3) is 4.30. The molecule has 0 aromatic carbocycles. The van der Waals surface area contributed by atoms with Gasteiger partial charge in [-0.15, -0.1) is 0 Å². The van der Waals surface area contributed by atoms with Gasteiger partial charge in [-0.05, 0) is 24.6 Å². The highest BCUT2D eigenvalue weighted by atomic mass is 16.2. The van der Waals surface area contributed by atoms with Crippen LogP contribution < -0.4 is 16.4 Å². The van der Waals surface area contributed by atoms with Gasteiger partial charge in [-0.3, -0.25) is 14.5 Å². The first-order valence-corrected chi connectivity index (χ1v) is 6.33. The molecule has 2 heterocycles. The molecule has 0 unspecified atom stereocenters. The molecule has 0 bridgehead atoms. The van der Waals surface area contributed by atoms with Crippen LogP contribution in [0.4, 0.5) is 10.5 Å². The lowest BCUT2D eigenvalue weighted by atomic mass is 10.1. The van der Waals surface area contributed by atoms with Crippen molar-refractivity contribution in [3.05, 3.63) is 42.5 Å². The number of hydrogen-bond donors (Lipinski definition) is 3. The smallest absolute Gasteiger partial charge is 0.319 e. The topological polar surface area (TPSA) is 115 Å². The fraction of sp³-hybridized carbons (Fsp3) is 0.231. The maximum Gasteiger partial charge on any atom is 0.319 e. The van der Waals surface area contributed by atoms with E-state index in [0.29, 0.717) is 5.69 Å². The lowest BCUT2D eigenvalue weighted by Gasteiger charge is -2.14. The molecule has 2 aromatic heterocycles. The molecular formula is C13H16N6O2. The zero-order chi connectivity index (χ0) is 15.2. The van der Waals surface area contributed by atoms with Gasteiger partial charge in [-0.25, -0.2) is 4.79 Å². The number of nitrogens with one attached hydrogen (secondary N) is 2. The lowest BCUT2D eigenvalue weighted by Crippen LogP contribution is -2.31. The Bertz CT molecular complexity index is 625. The summed E-state index contributed by atoms with van der Waals surface area (Å²) < 4.78 is 1.35. The van der Waals surface area contributed by atoms with Crippen LogP contribution in [0.15, 0.2) is 36.9 Å². The number of pyridine rings is 1. The van der Waals surface area contributed by atoms with Gasteiger partial charge in [0.2, 0.25) is 5.91 Å². The second kappa shape index (κ2) is 6.51. The highest BCUT2D eigenvalue weighted by molar-refractivity contribution is 5.89. The standard InChI is InChI=1S/C13H16N6O2/c1-9(10-2-4-15-5-3-10)17-13(21)18-11-6-16-19(7-11)8-12(14)20/h2-7,9H,8H2,1H3,(H2,14,20)(H2,17,18,21)/t9-/m0/s1. The van der Waals surface area contributed by atoms with E-state index < -0.39 is 5.91 Å². The van der Waals surface area contributed by atoms with Crippen molar-refractivity contribution >= 4 is 17.6 Å². The van der Waals surface area contributed by atoms with Crippen LogP contribution in [0.5, 0.6) is 0 Å². The van der Waals surface area contributed by atoms with Crippen molar-refractivity contribution in [3.63, 3.8) is 0 Å². The molecule has 4 N–H and O–H groups in total. The van der Waals surface area contributed by atoms with Crippen LogP contribution >= 0.6 is 0 Å². The second-order valence-corrected chi connectivity index (χ2v) is 4.49. The van der Waals surface area contributed by atoms with Gasteiger partial charge in [0, 0.05) is 18.6 Å². The second-order valence-electron chi connectivity index (χ2n) is 4.49. The summed E-state index contributed by atoms with van der Waals surface area (Å²) >= 11 is 0. The average molecular weight is 288 g/mol. The third-order valence-corrected chi connectivity index (χ3v) is 2.76. The maximum atomic E-state index is 11.9. The molecule has 0 radical (unpaired) electrons. The molecule has 0 saturated heterocycles. The quantitative estimate of drug-likeness (QED) is 0.749. The Kier molecular flexibility index (Phi) is 4.50. The van der Waals surface area contributed by atoms with Crippen LogP contribution in [0.3, 0.4) is 0 Å². The summed E-state index contributed by atoms with van der Waals surface area (Å²) in [5, 5.41) is 9.34. The summed E-state index contributed by atoms with van der Waals surface area (Å²) in [6, 6.07) is 3.14. The van der Waals surface area contributed by atoms with Crippen molar-refractivity contribution in [1.82, 2.24) is 20.1 Å². The van der Waals surface area contributed by atoms with Crippen molar-refractivity contribution in [1.29, 1.82) is 0 Å². The van der Waals surface area contributed by atoms with Crippen LogP contribution in [0.25, 0.3) is 0 Å². The van der Waals surface area contributed by atoms with E-state index in [1.165, 1.54) is 17.1 Å². The number of urea groups is 1. The minimum absolute atomic E-state index is 0.0310. The molecule has 8 heteroatoms. The Morgan fingerprint density at radius 1 is 1.38 bits per heavy atom. The summed E-state index contributed by atoms with van der Waals surface area (Å²) in [5.41, 5.74) is 6.49. The molecule has 0 aliphatic rings. The van der Waals surface area contributed by atoms with Crippen molar-refractivity contribution in [2.24, 2.45) is 5.73 Å². The molecule has 0 fully saturated rings. The molecule has 1 atom stereocenters. The Balaban J connectivity index is 1.89. The van der Waals surface area contributed by atoms with E-state index in [4.69, 9.17) is 5.73 Å². The van der Waals surface area contributed by atoms with Crippen LogP contribution in [0.1, 0.15) is 18.5 Å². The first-order chi connectivity index (χ1) is 10.0. The molecule has 0 saturated carbocycles. The van der Waals surface area contributed by atoms with Crippen LogP contribution in [0.2, 0.25) is 0 Å². The highest BCUT2D eigenvalue weighted by Crippen LogP contribution is 2.11. The molecule has 0 aliphatic heterocycles. The molecule has 21 heavy (non-hydrogen) atoms. The predicted molar refractivity (Wildman–Crippen MR) is 76.2 cm³/mol. The molecule has 3 amide bonds. The minimum atomic E-state index is -0.500.